The molecule has 0 amide bonds. The number of piperazine rings is 1. The number of nitrogens with zero attached hydrogens (tertiary/aromatic N) is 5. The van der Waals surface area contributed by atoms with Crippen LogP contribution in [-0.2, 0) is 0 Å². The molecule has 8 nitrogen and oxygen atoms in total. The van der Waals surface area contributed by atoms with Crippen molar-refractivity contribution in [1.82, 2.24) is 25.2 Å². The molecule has 9 rings (SSSR count). The van der Waals surface area contributed by atoms with Gasteiger partial charge in [0.2, 0.25) is 5.88 Å². The Morgan fingerprint density at radius 2 is 2.05 bits per heavy atom. The summed E-state index contributed by atoms with van der Waals surface area (Å²) in [5.74, 6) is 0.705. The molecule has 5 aliphatic heterocycles. The van der Waals surface area contributed by atoms with Gasteiger partial charge in [0.25, 0.3) is 0 Å². The Morgan fingerprint density at radius 1 is 1.14 bits per heavy atom. The molecule has 4 saturated heterocycles. The van der Waals surface area contributed by atoms with Gasteiger partial charge in [-0.2, -0.15) is 9.97 Å². The number of nitrogens with one attached hydrogen (secondary N) is 1. The number of benzene rings is 1. The molecule has 1 aliphatic carbocycles. The molecule has 0 radical (unpaired) electrons. The SMILES string of the molecule is Fc1c(-c2cccc(Cl)c2C2CC2)nc2c3c(nc(OC[C@@]45CCCN4C[C@H](F)C5)nc13)N1CC3CCC(N3)C1CO2. The van der Waals surface area contributed by atoms with Gasteiger partial charge in [0.05, 0.1) is 11.6 Å². The number of hydrogen-bond acceptors (Lipinski definition) is 8. The average molecular weight is 595 g/mol. The predicted octanol–water partition coefficient (Wildman–Crippen LogP) is 5.02. The molecule has 42 heavy (non-hydrogen) atoms. The van der Waals surface area contributed by atoms with Gasteiger partial charge in [-0.1, -0.05) is 23.7 Å². The molecule has 2 aromatic heterocycles. The fourth-order valence-electron chi connectivity index (χ4n) is 8.34. The van der Waals surface area contributed by atoms with Crippen LogP contribution in [0.5, 0.6) is 11.9 Å². The van der Waals surface area contributed by atoms with E-state index in [2.05, 4.69) is 20.1 Å². The van der Waals surface area contributed by atoms with E-state index in [1.807, 2.05) is 18.2 Å². The third-order valence-corrected chi connectivity index (χ3v) is 10.8. The minimum atomic E-state index is -0.864. The molecule has 3 aromatic rings. The van der Waals surface area contributed by atoms with Gasteiger partial charge < -0.3 is 19.7 Å². The molecule has 0 spiro atoms. The molecule has 5 atom stereocenters. The van der Waals surface area contributed by atoms with Gasteiger partial charge in [0.1, 0.15) is 41.8 Å². The minimum Gasteiger partial charge on any atom is -0.475 e. The van der Waals surface area contributed by atoms with Crippen molar-refractivity contribution in [3.63, 3.8) is 0 Å². The van der Waals surface area contributed by atoms with Crippen LogP contribution < -0.4 is 19.7 Å². The molecule has 11 heteroatoms. The van der Waals surface area contributed by atoms with Gasteiger partial charge in [-0.05, 0) is 62.6 Å². The van der Waals surface area contributed by atoms with E-state index in [1.54, 1.807) is 0 Å². The van der Waals surface area contributed by atoms with E-state index in [1.165, 1.54) is 0 Å². The molecule has 1 saturated carbocycles. The zero-order valence-electron chi connectivity index (χ0n) is 23.3. The maximum atomic E-state index is 16.8. The second-order valence-corrected chi connectivity index (χ2v) is 13.5. The minimum absolute atomic E-state index is 0.0228. The Kier molecular flexibility index (Phi) is 5.70. The highest BCUT2D eigenvalue weighted by Gasteiger charge is 2.50. The van der Waals surface area contributed by atoms with Crippen molar-refractivity contribution in [3.05, 3.63) is 34.6 Å². The molecule has 220 valence electrons. The summed E-state index contributed by atoms with van der Waals surface area (Å²) in [4.78, 5) is 18.9. The van der Waals surface area contributed by atoms with E-state index in [-0.39, 0.29) is 41.5 Å². The van der Waals surface area contributed by atoms with Crippen LogP contribution in [0.25, 0.3) is 22.2 Å². The second kappa shape index (κ2) is 9.34. The lowest BCUT2D eigenvalue weighted by Gasteiger charge is -2.40. The smallest absolute Gasteiger partial charge is 0.319 e. The van der Waals surface area contributed by atoms with Crippen molar-refractivity contribution in [2.75, 3.05) is 37.7 Å². The van der Waals surface area contributed by atoms with Crippen LogP contribution >= 0.6 is 11.6 Å². The number of anilines is 1. The standard InChI is InChI=1S/C31H33ClF2N6O2/c32-20-4-1-3-19(23(20)16-5-6-16)26-25(34)27-24-28(40-13-18-7-8-21(35-18)22(40)14-41-29(24)36-26)38-30(37-27)42-15-31-9-2-10-39(31)12-17(33)11-31/h1,3-4,16-18,21-22,35H,2,5-15H2/t17-,18?,21?,22?,31+/m1/s1. The number of alkyl halides is 1. The molecular weight excluding hydrogens is 562 g/mol. The fourth-order valence-corrected chi connectivity index (χ4v) is 8.67. The summed E-state index contributed by atoms with van der Waals surface area (Å²) in [7, 11) is 0. The number of rotatable bonds is 5. The lowest BCUT2D eigenvalue weighted by molar-refractivity contribution is 0.107. The van der Waals surface area contributed by atoms with Gasteiger partial charge in [-0.25, -0.2) is 13.8 Å². The first-order chi connectivity index (χ1) is 20.5. The van der Waals surface area contributed by atoms with E-state index in [0.717, 1.165) is 57.2 Å². The van der Waals surface area contributed by atoms with E-state index in [9.17, 15) is 4.39 Å². The van der Waals surface area contributed by atoms with Crippen LogP contribution in [0, 0.1) is 5.82 Å². The Labute approximate surface area is 247 Å². The Hall–Kier alpha value is -2.82. The Morgan fingerprint density at radius 3 is 2.93 bits per heavy atom. The zero-order valence-corrected chi connectivity index (χ0v) is 24.0. The number of pyridine rings is 1. The Balaban J connectivity index is 1.20. The van der Waals surface area contributed by atoms with Gasteiger partial charge in [0, 0.05) is 42.2 Å². The van der Waals surface area contributed by atoms with Crippen molar-refractivity contribution < 1.29 is 18.3 Å². The molecule has 1 aromatic carbocycles. The number of ether oxygens (including phenoxy) is 2. The first-order valence-electron chi connectivity index (χ1n) is 15.3. The van der Waals surface area contributed by atoms with E-state index < -0.39 is 12.0 Å². The molecule has 5 fully saturated rings. The summed E-state index contributed by atoms with van der Waals surface area (Å²) in [6, 6.07) is 6.29. The maximum absolute atomic E-state index is 16.8. The van der Waals surface area contributed by atoms with E-state index >= 15 is 4.39 Å². The summed E-state index contributed by atoms with van der Waals surface area (Å²) in [6.07, 6.45) is 5.62. The predicted molar refractivity (Wildman–Crippen MR) is 155 cm³/mol. The zero-order chi connectivity index (χ0) is 28.2. The quantitative estimate of drug-likeness (QED) is 0.442. The van der Waals surface area contributed by atoms with Gasteiger partial charge in [0.15, 0.2) is 5.82 Å². The van der Waals surface area contributed by atoms with Crippen molar-refractivity contribution >= 4 is 28.3 Å². The maximum Gasteiger partial charge on any atom is 0.319 e. The largest absolute Gasteiger partial charge is 0.475 e. The third-order valence-electron chi connectivity index (χ3n) is 10.5. The van der Waals surface area contributed by atoms with Crippen LogP contribution in [0.15, 0.2) is 18.2 Å². The summed E-state index contributed by atoms with van der Waals surface area (Å²) < 4.78 is 44.0. The molecular formula is C31H33ClF2N6O2. The number of hydrogen-bond donors (Lipinski definition) is 1. The molecule has 6 aliphatic rings. The molecule has 1 N–H and O–H groups in total. The van der Waals surface area contributed by atoms with Crippen molar-refractivity contribution in [1.29, 1.82) is 0 Å². The fraction of sp³-hybridized carbons (Fsp3) is 0.581. The summed E-state index contributed by atoms with van der Waals surface area (Å²) in [5.41, 5.74) is 1.57. The molecule has 7 heterocycles. The van der Waals surface area contributed by atoms with Gasteiger partial charge >= 0.3 is 6.01 Å². The van der Waals surface area contributed by atoms with Crippen LogP contribution in [0.1, 0.15) is 56.4 Å². The highest BCUT2D eigenvalue weighted by atomic mass is 35.5. The van der Waals surface area contributed by atoms with Gasteiger partial charge in [-0.15, -0.1) is 0 Å². The lowest BCUT2D eigenvalue weighted by atomic mass is 9.95. The van der Waals surface area contributed by atoms with Gasteiger partial charge in [-0.3, -0.25) is 4.90 Å². The van der Waals surface area contributed by atoms with Crippen molar-refractivity contribution in [3.8, 4) is 23.1 Å². The number of fused-ring (bicyclic) bond motifs is 6. The van der Waals surface area contributed by atoms with Crippen molar-refractivity contribution in [2.24, 2.45) is 0 Å². The summed E-state index contributed by atoms with van der Waals surface area (Å²) >= 11 is 6.65. The first kappa shape index (κ1) is 25.7. The molecule has 2 bridgehead atoms. The monoisotopic (exact) mass is 594 g/mol. The van der Waals surface area contributed by atoms with Crippen molar-refractivity contribution in [2.45, 2.75) is 80.7 Å². The topological polar surface area (TPSA) is 75.6 Å². The number of halogens is 3. The average Bonchev–Trinajstić information content (AvgIpc) is 3.57. The summed E-state index contributed by atoms with van der Waals surface area (Å²) in [5, 5.41) is 4.82. The summed E-state index contributed by atoms with van der Waals surface area (Å²) in [6.45, 7) is 2.72. The highest BCUT2D eigenvalue weighted by Crippen LogP contribution is 2.49. The van der Waals surface area contributed by atoms with Crippen LogP contribution in [0.2, 0.25) is 5.02 Å². The van der Waals surface area contributed by atoms with Crippen LogP contribution in [0.3, 0.4) is 0 Å². The Bertz CT molecular complexity index is 1610. The molecule has 3 unspecified atom stereocenters. The normalized spacial score (nSPS) is 31.6. The number of aromatic nitrogens is 3. The second-order valence-electron chi connectivity index (χ2n) is 13.1. The first-order valence-corrected chi connectivity index (χ1v) is 15.7. The van der Waals surface area contributed by atoms with Crippen LogP contribution in [-0.4, -0.2) is 82.5 Å². The highest BCUT2D eigenvalue weighted by molar-refractivity contribution is 6.32. The van der Waals surface area contributed by atoms with E-state index in [0.29, 0.717) is 59.2 Å². The third kappa shape index (κ3) is 3.87. The van der Waals surface area contributed by atoms with E-state index in [4.69, 9.17) is 31.0 Å². The lowest BCUT2D eigenvalue weighted by Crippen LogP contribution is -2.60. The van der Waals surface area contributed by atoms with Crippen LogP contribution in [0.4, 0.5) is 14.6 Å².